The zero-order valence-corrected chi connectivity index (χ0v) is 13.6. The molecule has 8 nitrogen and oxygen atoms in total. The molecule has 0 bridgehead atoms. The molecule has 1 aromatic rings. The Morgan fingerprint density at radius 2 is 2.18 bits per heavy atom. The zero-order valence-electron chi connectivity index (χ0n) is 11.9. The van der Waals surface area contributed by atoms with Crippen LogP contribution in [-0.2, 0) is 10.0 Å². The predicted octanol–water partition coefficient (Wildman–Crippen LogP) is 1.06. The van der Waals surface area contributed by atoms with Crippen LogP contribution in [0.3, 0.4) is 0 Å². The van der Waals surface area contributed by atoms with Gasteiger partial charge in [0.15, 0.2) is 0 Å². The third-order valence-corrected chi connectivity index (χ3v) is 4.83. The Morgan fingerprint density at radius 3 is 2.73 bits per heavy atom. The van der Waals surface area contributed by atoms with Crippen LogP contribution in [0.15, 0.2) is 23.1 Å². The monoisotopic (exact) mass is 351 g/mol. The fourth-order valence-corrected chi connectivity index (χ4v) is 3.65. The van der Waals surface area contributed by atoms with Gasteiger partial charge in [-0.2, -0.15) is 0 Å². The molecule has 10 heteroatoms. The molecule has 2 rings (SSSR count). The van der Waals surface area contributed by atoms with Crippen molar-refractivity contribution >= 4 is 28.1 Å². The first kappa shape index (κ1) is 18.6. The Morgan fingerprint density at radius 1 is 1.45 bits per heavy atom. The molecule has 0 unspecified atom stereocenters. The quantitative estimate of drug-likeness (QED) is 0.606. The third-order valence-electron chi connectivity index (χ3n) is 3.27. The second-order valence-electron chi connectivity index (χ2n) is 4.76. The lowest BCUT2D eigenvalue weighted by atomic mass is 10.1. The molecule has 124 valence electrons. The molecule has 0 aliphatic carbocycles. The zero-order chi connectivity index (χ0) is 15.5. The number of hydrogen-bond donors (Lipinski definition) is 2. The number of piperidine rings is 1. The summed E-state index contributed by atoms with van der Waals surface area (Å²) < 4.78 is 32.3. The number of nitrogens with zero attached hydrogens (tertiary/aromatic N) is 1. The van der Waals surface area contributed by atoms with Crippen LogP contribution in [0.25, 0.3) is 0 Å². The number of sulfonamides is 1. The molecule has 0 radical (unpaired) electrons. The van der Waals surface area contributed by atoms with Crippen LogP contribution in [0.4, 0.5) is 5.69 Å². The highest BCUT2D eigenvalue weighted by Crippen LogP contribution is 2.28. The van der Waals surface area contributed by atoms with Gasteiger partial charge in [0.25, 0.3) is 5.69 Å². The highest BCUT2D eigenvalue weighted by molar-refractivity contribution is 7.89. The van der Waals surface area contributed by atoms with Crippen LogP contribution in [0.2, 0.25) is 0 Å². The summed E-state index contributed by atoms with van der Waals surface area (Å²) in [7, 11) is -2.50. The predicted molar refractivity (Wildman–Crippen MR) is 83.1 cm³/mol. The average molecular weight is 352 g/mol. The number of ether oxygens (including phenoxy) is 1. The summed E-state index contributed by atoms with van der Waals surface area (Å²) in [6.45, 7) is 1.44. The molecule has 1 aromatic carbocycles. The summed E-state index contributed by atoms with van der Waals surface area (Å²) in [5, 5.41) is 13.8. The second-order valence-corrected chi connectivity index (χ2v) is 6.44. The molecule has 1 fully saturated rings. The first-order chi connectivity index (χ1) is 9.94. The Labute approximate surface area is 134 Å². The number of nitro benzene ring substituents is 1. The molecular weight excluding hydrogens is 334 g/mol. The van der Waals surface area contributed by atoms with E-state index >= 15 is 0 Å². The lowest BCUT2D eigenvalue weighted by molar-refractivity contribution is -0.385. The first-order valence-electron chi connectivity index (χ1n) is 6.49. The molecule has 1 aliphatic heterocycles. The third kappa shape index (κ3) is 4.29. The van der Waals surface area contributed by atoms with Gasteiger partial charge in [-0.1, -0.05) is 0 Å². The molecule has 0 spiro atoms. The molecule has 1 atom stereocenters. The van der Waals surface area contributed by atoms with Crippen LogP contribution < -0.4 is 14.8 Å². The van der Waals surface area contributed by atoms with Gasteiger partial charge in [0, 0.05) is 18.7 Å². The van der Waals surface area contributed by atoms with Gasteiger partial charge in [0.1, 0.15) is 10.6 Å². The van der Waals surface area contributed by atoms with E-state index in [9.17, 15) is 18.5 Å². The van der Waals surface area contributed by atoms with Gasteiger partial charge in [-0.15, -0.1) is 12.4 Å². The maximum Gasteiger partial charge on any atom is 0.273 e. The summed E-state index contributed by atoms with van der Waals surface area (Å²) >= 11 is 0. The minimum atomic E-state index is -3.78. The van der Waals surface area contributed by atoms with Crippen molar-refractivity contribution in [3.05, 3.63) is 28.3 Å². The van der Waals surface area contributed by atoms with Crippen LogP contribution >= 0.6 is 12.4 Å². The van der Waals surface area contributed by atoms with E-state index in [1.54, 1.807) is 0 Å². The van der Waals surface area contributed by atoms with E-state index in [4.69, 9.17) is 4.74 Å². The largest absolute Gasteiger partial charge is 0.495 e. The Kier molecular flexibility index (Phi) is 6.54. The van der Waals surface area contributed by atoms with E-state index in [-0.39, 0.29) is 34.8 Å². The van der Waals surface area contributed by atoms with E-state index in [2.05, 4.69) is 10.0 Å². The van der Waals surface area contributed by atoms with Crippen molar-refractivity contribution in [1.29, 1.82) is 0 Å². The van der Waals surface area contributed by atoms with E-state index in [1.165, 1.54) is 13.2 Å². The molecular formula is C12H18ClN3O5S. The van der Waals surface area contributed by atoms with Crippen molar-refractivity contribution in [2.75, 3.05) is 20.2 Å². The van der Waals surface area contributed by atoms with Gasteiger partial charge >= 0.3 is 0 Å². The van der Waals surface area contributed by atoms with Gasteiger partial charge in [0.05, 0.1) is 18.1 Å². The number of rotatable bonds is 5. The minimum Gasteiger partial charge on any atom is -0.495 e. The molecule has 0 saturated carbocycles. The van der Waals surface area contributed by atoms with Crippen molar-refractivity contribution in [1.82, 2.24) is 10.0 Å². The van der Waals surface area contributed by atoms with E-state index in [0.717, 1.165) is 31.5 Å². The lowest BCUT2D eigenvalue weighted by Crippen LogP contribution is -2.45. The van der Waals surface area contributed by atoms with Crippen molar-refractivity contribution in [2.45, 2.75) is 23.8 Å². The number of hydrogen-bond acceptors (Lipinski definition) is 6. The van der Waals surface area contributed by atoms with E-state index in [0.29, 0.717) is 6.54 Å². The Hall–Kier alpha value is -1.42. The normalized spacial score (nSPS) is 18.3. The fourth-order valence-electron chi connectivity index (χ4n) is 2.23. The Balaban J connectivity index is 0.00000242. The smallest absolute Gasteiger partial charge is 0.273 e. The summed E-state index contributed by atoms with van der Waals surface area (Å²) in [4.78, 5) is 10.0. The first-order valence-corrected chi connectivity index (χ1v) is 7.98. The van der Waals surface area contributed by atoms with Crippen LogP contribution in [0, 0.1) is 10.1 Å². The van der Waals surface area contributed by atoms with Gasteiger partial charge in [-0.05, 0) is 25.5 Å². The molecule has 1 heterocycles. The number of non-ortho nitro benzene ring substituents is 1. The number of halogens is 1. The average Bonchev–Trinajstić information content (AvgIpc) is 2.47. The summed E-state index contributed by atoms with van der Waals surface area (Å²) in [6.07, 6.45) is 1.64. The van der Waals surface area contributed by atoms with Crippen molar-refractivity contribution in [3.63, 3.8) is 0 Å². The highest BCUT2D eigenvalue weighted by atomic mass is 35.5. The van der Waals surface area contributed by atoms with Crippen molar-refractivity contribution in [2.24, 2.45) is 0 Å². The van der Waals surface area contributed by atoms with Gasteiger partial charge in [-0.25, -0.2) is 13.1 Å². The standard InChI is InChI=1S/C12H17N3O5S.ClH/c1-20-11-7-10(15(16)17)4-5-12(11)21(18,19)14-9-3-2-6-13-8-9;/h4-5,7,9,13-14H,2-3,6,8H2,1H3;1H/t9-;/m1./s1. The number of nitrogens with one attached hydrogen (secondary N) is 2. The summed E-state index contributed by atoms with van der Waals surface area (Å²) in [6, 6.07) is 3.25. The van der Waals surface area contributed by atoms with Crippen molar-refractivity contribution in [3.8, 4) is 5.75 Å². The minimum absolute atomic E-state index is 0. The maximum atomic E-state index is 12.4. The molecule has 0 amide bonds. The molecule has 22 heavy (non-hydrogen) atoms. The molecule has 2 N–H and O–H groups in total. The Bertz CT molecular complexity index is 632. The molecule has 0 aromatic heterocycles. The lowest BCUT2D eigenvalue weighted by Gasteiger charge is -2.24. The summed E-state index contributed by atoms with van der Waals surface area (Å²) in [5.41, 5.74) is -0.217. The topological polar surface area (TPSA) is 111 Å². The SMILES string of the molecule is COc1cc([N+](=O)[O-])ccc1S(=O)(=O)N[C@@H]1CCCNC1.Cl. The maximum absolute atomic E-state index is 12.4. The number of nitro groups is 1. The summed E-state index contributed by atoms with van der Waals surface area (Å²) in [5.74, 6) is -0.0412. The number of methoxy groups -OCH3 is 1. The molecule has 1 aliphatic rings. The van der Waals surface area contributed by atoms with Gasteiger partial charge < -0.3 is 10.1 Å². The van der Waals surface area contributed by atoms with Crippen LogP contribution in [-0.4, -0.2) is 39.6 Å². The van der Waals surface area contributed by atoms with Gasteiger partial charge in [0.2, 0.25) is 10.0 Å². The second kappa shape index (κ2) is 7.73. The van der Waals surface area contributed by atoms with Crippen LogP contribution in [0.5, 0.6) is 5.75 Å². The fraction of sp³-hybridized carbons (Fsp3) is 0.500. The van der Waals surface area contributed by atoms with Crippen LogP contribution in [0.1, 0.15) is 12.8 Å². The number of benzene rings is 1. The van der Waals surface area contributed by atoms with Gasteiger partial charge in [-0.3, -0.25) is 10.1 Å². The van der Waals surface area contributed by atoms with Crippen molar-refractivity contribution < 1.29 is 18.1 Å². The molecule has 1 saturated heterocycles. The van der Waals surface area contributed by atoms with E-state index < -0.39 is 14.9 Å². The van der Waals surface area contributed by atoms with E-state index in [1.807, 2.05) is 0 Å². The highest BCUT2D eigenvalue weighted by Gasteiger charge is 2.26.